The Morgan fingerprint density at radius 2 is 2.05 bits per heavy atom. The van der Waals surface area contributed by atoms with Gasteiger partial charge in [0.1, 0.15) is 5.01 Å². The first kappa shape index (κ1) is 15.7. The van der Waals surface area contributed by atoms with Crippen LogP contribution < -0.4 is 0 Å². The van der Waals surface area contributed by atoms with Crippen LogP contribution in [0.3, 0.4) is 0 Å². The van der Waals surface area contributed by atoms with Crippen molar-refractivity contribution in [2.75, 3.05) is 13.2 Å². The van der Waals surface area contributed by atoms with E-state index in [1.165, 1.54) is 0 Å². The third-order valence-corrected chi connectivity index (χ3v) is 4.37. The highest BCUT2D eigenvalue weighted by Gasteiger charge is 2.09. The lowest BCUT2D eigenvalue weighted by molar-refractivity contribution is 0.212. The number of hydrogen-bond acceptors (Lipinski definition) is 4. The number of nitrogens with zero attached hydrogens (tertiary/aromatic N) is 2. The minimum Gasteiger partial charge on any atom is -0.396 e. The van der Waals surface area contributed by atoms with Crippen LogP contribution in [-0.2, 0) is 13.1 Å². The van der Waals surface area contributed by atoms with Gasteiger partial charge in [-0.15, -0.1) is 11.3 Å². The van der Waals surface area contributed by atoms with Crippen LogP contribution in [0.1, 0.15) is 17.0 Å². The molecule has 0 atom stereocenters. The molecule has 2 rings (SSSR count). The predicted molar refractivity (Wildman–Crippen MR) is 84.4 cm³/mol. The van der Waals surface area contributed by atoms with Crippen molar-refractivity contribution in [2.45, 2.75) is 19.5 Å². The summed E-state index contributed by atoms with van der Waals surface area (Å²) in [5.74, 6) is 0. The molecule has 1 aromatic carbocycles. The third kappa shape index (κ3) is 4.72. The third-order valence-electron chi connectivity index (χ3n) is 2.86. The van der Waals surface area contributed by atoms with Crippen LogP contribution in [0.25, 0.3) is 0 Å². The molecule has 6 heteroatoms. The Hall–Kier alpha value is -0.650. The Labute approximate surface area is 132 Å². The maximum absolute atomic E-state index is 9.01. The average Bonchev–Trinajstić information content (AvgIpc) is 2.93. The Kier molecular flexibility index (Phi) is 6.26. The largest absolute Gasteiger partial charge is 0.396 e. The van der Waals surface area contributed by atoms with Crippen LogP contribution in [0.15, 0.2) is 29.8 Å². The number of thiazole rings is 1. The van der Waals surface area contributed by atoms with Crippen LogP contribution in [0.4, 0.5) is 0 Å². The second-order valence-electron chi connectivity index (χ2n) is 4.46. The molecule has 0 radical (unpaired) electrons. The molecule has 1 N–H and O–H groups in total. The van der Waals surface area contributed by atoms with E-state index in [2.05, 4.69) is 9.88 Å². The lowest BCUT2D eigenvalue weighted by Gasteiger charge is -2.21. The fourth-order valence-corrected chi connectivity index (χ4v) is 2.91. The summed E-state index contributed by atoms with van der Waals surface area (Å²) in [6.45, 7) is 2.54. The maximum Gasteiger partial charge on any atom is 0.107 e. The number of hydrogen-bond donors (Lipinski definition) is 1. The van der Waals surface area contributed by atoms with Crippen LogP contribution in [0.2, 0.25) is 10.0 Å². The molecule has 0 saturated carbocycles. The lowest BCUT2D eigenvalue weighted by Crippen LogP contribution is -2.24. The van der Waals surface area contributed by atoms with E-state index in [0.717, 1.165) is 36.6 Å². The van der Waals surface area contributed by atoms with Gasteiger partial charge in [-0.25, -0.2) is 4.98 Å². The first-order valence-electron chi connectivity index (χ1n) is 6.34. The summed E-state index contributed by atoms with van der Waals surface area (Å²) in [5.41, 5.74) is 1.11. The van der Waals surface area contributed by atoms with Gasteiger partial charge in [0, 0.05) is 31.3 Å². The normalized spacial score (nSPS) is 11.2. The molecule has 0 saturated heterocycles. The Bertz CT molecular complexity index is 534. The van der Waals surface area contributed by atoms with E-state index in [0.29, 0.717) is 10.0 Å². The van der Waals surface area contributed by atoms with E-state index in [9.17, 15) is 0 Å². The molecule has 0 unspecified atom stereocenters. The van der Waals surface area contributed by atoms with Gasteiger partial charge >= 0.3 is 0 Å². The minimum absolute atomic E-state index is 0.190. The fourth-order valence-electron chi connectivity index (χ4n) is 1.93. The van der Waals surface area contributed by atoms with E-state index < -0.39 is 0 Å². The first-order chi connectivity index (χ1) is 9.69. The molecule has 0 aliphatic heterocycles. The van der Waals surface area contributed by atoms with E-state index in [4.69, 9.17) is 28.3 Å². The molecule has 0 aliphatic carbocycles. The van der Waals surface area contributed by atoms with Crippen LogP contribution in [0.5, 0.6) is 0 Å². The van der Waals surface area contributed by atoms with Crippen LogP contribution >= 0.6 is 34.5 Å². The summed E-state index contributed by atoms with van der Waals surface area (Å²) in [5, 5.41) is 13.2. The quantitative estimate of drug-likeness (QED) is 0.838. The van der Waals surface area contributed by atoms with Gasteiger partial charge in [0.15, 0.2) is 0 Å². The topological polar surface area (TPSA) is 36.4 Å². The molecule has 2 aromatic rings. The zero-order chi connectivity index (χ0) is 14.4. The summed E-state index contributed by atoms with van der Waals surface area (Å²) in [6, 6.07) is 5.67. The molecular weight excluding hydrogens is 315 g/mol. The molecule has 3 nitrogen and oxygen atoms in total. The number of aliphatic hydroxyl groups is 1. The van der Waals surface area contributed by atoms with Gasteiger partial charge in [-0.3, -0.25) is 4.90 Å². The van der Waals surface area contributed by atoms with Crippen molar-refractivity contribution in [1.29, 1.82) is 0 Å². The summed E-state index contributed by atoms with van der Waals surface area (Å²) >= 11 is 13.6. The second-order valence-corrected chi connectivity index (χ2v) is 6.26. The van der Waals surface area contributed by atoms with Gasteiger partial charge in [-0.2, -0.15) is 0 Å². The van der Waals surface area contributed by atoms with Crippen molar-refractivity contribution in [3.63, 3.8) is 0 Å². The SMILES string of the molecule is OCCCN(Cc1ccc(Cl)c(Cl)c1)Cc1nccs1. The monoisotopic (exact) mass is 330 g/mol. The van der Waals surface area contributed by atoms with Crippen molar-refractivity contribution in [1.82, 2.24) is 9.88 Å². The number of benzene rings is 1. The van der Waals surface area contributed by atoms with E-state index in [1.807, 2.05) is 29.8 Å². The molecule has 0 bridgehead atoms. The van der Waals surface area contributed by atoms with Gasteiger partial charge in [-0.05, 0) is 24.1 Å². The van der Waals surface area contributed by atoms with E-state index in [-0.39, 0.29) is 6.61 Å². The zero-order valence-electron chi connectivity index (χ0n) is 10.9. The minimum atomic E-state index is 0.190. The molecule has 1 aromatic heterocycles. The summed E-state index contributed by atoms with van der Waals surface area (Å²) in [6.07, 6.45) is 2.55. The summed E-state index contributed by atoms with van der Waals surface area (Å²) < 4.78 is 0. The van der Waals surface area contributed by atoms with Gasteiger partial charge in [0.05, 0.1) is 16.6 Å². The maximum atomic E-state index is 9.01. The molecule has 20 heavy (non-hydrogen) atoms. The number of halogens is 2. The molecule has 0 fully saturated rings. The summed E-state index contributed by atoms with van der Waals surface area (Å²) in [4.78, 5) is 6.55. The number of aromatic nitrogens is 1. The Morgan fingerprint density at radius 3 is 2.70 bits per heavy atom. The first-order valence-corrected chi connectivity index (χ1v) is 7.98. The smallest absolute Gasteiger partial charge is 0.107 e. The number of rotatable bonds is 7. The molecule has 1 heterocycles. The van der Waals surface area contributed by atoms with Gasteiger partial charge < -0.3 is 5.11 Å². The molecular formula is C14H16Cl2N2OS. The number of aliphatic hydroxyl groups excluding tert-OH is 1. The van der Waals surface area contributed by atoms with Crippen molar-refractivity contribution in [2.24, 2.45) is 0 Å². The highest BCUT2D eigenvalue weighted by molar-refractivity contribution is 7.09. The van der Waals surface area contributed by atoms with Crippen molar-refractivity contribution < 1.29 is 5.11 Å². The zero-order valence-corrected chi connectivity index (χ0v) is 13.3. The average molecular weight is 331 g/mol. The van der Waals surface area contributed by atoms with Gasteiger partial charge in [-0.1, -0.05) is 29.3 Å². The van der Waals surface area contributed by atoms with Gasteiger partial charge in [0.2, 0.25) is 0 Å². The summed E-state index contributed by atoms with van der Waals surface area (Å²) in [7, 11) is 0. The van der Waals surface area contributed by atoms with E-state index in [1.54, 1.807) is 11.3 Å². The molecule has 0 spiro atoms. The Balaban J connectivity index is 2.04. The lowest BCUT2D eigenvalue weighted by atomic mass is 10.2. The highest BCUT2D eigenvalue weighted by atomic mass is 35.5. The van der Waals surface area contributed by atoms with Crippen molar-refractivity contribution >= 4 is 34.5 Å². The fraction of sp³-hybridized carbons (Fsp3) is 0.357. The van der Waals surface area contributed by atoms with Gasteiger partial charge in [0.25, 0.3) is 0 Å². The standard InChI is InChI=1S/C14H16Cl2N2OS/c15-12-3-2-11(8-13(12)16)9-18(5-1-6-19)10-14-17-4-7-20-14/h2-4,7-8,19H,1,5-6,9-10H2. The van der Waals surface area contributed by atoms with Crippen LogP contribution in [-0.4, -0.2) is 28.1 Å². The second kappa shape index (κ2) is 7.96. The van der Waals surface area contributed by atoms with E-state index >= 15 is 0 Å². The molecule has 0 aliphatic rings. The predicted octanol–water partition coefficient (Wildman–Crippen LogP) is 3.83. The van der Waals surface area contributed by atoms with Crippen LogP contribution in [0, 0.1) is 0 Å². The highest BCUT2D eigenvalue weighted by Crippen LogP contribution is 2.23. The Morgan fingerprint density at radius 1 is 1.20 bits per heavy atom. The molecule has 0 amide bonds. The van der Waals surface area contributed by atoms with Crippen molar-refractivity contribution in [3.8, 4) is 0 Å². The van der Waals surface area contributed by atoms with Crippen molar-refractivity contribution in [3.05, 3.63) is 50.4 Å². The molecule has 108 valence electrons.